The van der Waals surface area contributed by atoms with Crippen LogP contribution in [-0.2, 0) is 0 Å². The highest BCUT2D eigenvalue weighted by molar-refractivity contribution is 5.77. The van der Waals surface area contributed by atoms with E-state index in [-0.39, 0.29) is 17.4 Å². The van der Waals surface area contributed by atoms with Gasteiger partial charge in [-0.2, -0.15) is 4.68 Å². The van der Waals surface area contributed by atoms with Crippen molar-refractivity contribution in [2.45, 2.75) is 65.8 Å². The zero-order valence-corrected chi connectivity index (χ0v) is 15.7. The second-order valence-electron chi connectivity index (χ2n) is 8.24. The van der Waals surface area contributed by atoms with E-state index in [2.05, 4.69) is 28.8 Å². The predicted molar refractivity (Wildman–Crippen MR) is 94.2 cm³/mol. The van der Waals surface area contributed by atoms with Gasteiger partial charge in [0.05, 0.1) is 0 Å². The van der Waals surface area contributed by atoms with Gasteiger partial charge in [-0.25, -0.2) is 9.78 Å². The van der Waals surface area contributed by atoms with Crippen LogP contribution in [0.25, 0.3) is 0 Å². The lowest BCUT2D eigenvalue weighted by molar-refractivity contribution is -0.00360. The summed E-state index contributed by atoms with van der Waals surface area (Å²) in [7, 11) is 0. The van der Waals surface area contributed by atoms with Gasteiger partial charge >= 0.3 is 6.03 Å². The van der Waals surface area contributed by atoms with E-state index >= 15 is 0 Å². The topological polar surface area (TPSA) is 54.3 Å². The standard InChI is InChI=1S/C18H31N5O/c1-13(2)16-19-15(5)23(20-16)17(24)22-11-18(12-22)8-6-7-9-21(10-18)14(3)4/h13-14H,6-12H2,1-5H3. The molecule has 24 heavy (non-hydrogen) atoms. The summed E-state index contributed by atoms with van der Waals surface area (Å²) in [5.74, 6) is 1.67. The van der Waals surface area contributed by atoms with E-state index in [1.807, 2.05) is 25.7 Å². The average Bonchev–Trinajstić information content (AvgIpc) is 2.74. The first-order valence-electron chi connectivity index (χ1n) is 9.28. The third kappa shape index (κ3) is 3.21. The second-order valence-corrected chi connectivity index (χ2v) is 8.24. The normalized spacial score (nSPS) is 21.4. The van der Waals surface area contributed by atoms with Crippen molar-refractivity contribution >= 4 is 6.03 Å². The highest BCUT2D eigenvalue weighted by Gasteiger charge is 2.47. The fourth-order valence-corrected chi connectivity index (χ4v) is 3.97. The molecular formula is C18H31N5O. The minimum Gasteiger partial charge on any atom is -0.321 e. The van der Waals surface area contributed by atoms with Crippen LogP contribution >= 0.6 is 0 Å². The Balaban J connectivity index is 1.68. The molecule has 0 N–H and O–H groups in total. The third-order valence-electron chi connectivity index (χ3n) is 5.48. The van der Waals surface area contributed by atoms with Crippen LogP contribution < -0.4 is 0 Å². The van der Waals surface area contributed by atoms with Gasteiger partial charge in [-0.05, 0) is 40.2 Å². The highest BCUT2D eigenvalue weighted by Crippen LogP contribution is 2.39. The Labute approximate surface area is 145 Å². The number of carbonyl (C=O) groups excluding carboxylic acids is 1. The van der Waals surface area contributed by atoms with Crippen LogP contribution in [0, 0.1) is 12.3 Å². The largest absolute Gasteiger partial charge is 0.346 e. The van der Waals surface area contributed by atoms with Crippen LogP contribution in [0.15, 0.2) is 0 Å². The lowest BCUT2D eigenvalue weighted by atomic mass is 9.76. The zero-order chi connectivity index (χ0) is 17.5. The predicted octanol–water partition coefficient (Wildman–Crippen LogP) is 2.87. The van der Waals surface area contributed by atoms with Gasteiger partial charge in [0.15, 0.2) is 5.82 Å². The minimum atomic E-state index is -0.0159. The van der Waals surface area contributed by atoms with E-state index in [0.717, 1.165) is 25.5 Å². The molecule has 2 aliphatic rings. The highest BCUT2D eigenvalue weighted by atomic mass is 16.2. The van der Waals surface area contributed by atoms with Crippen molar-refractivity contribution in [3.63, 3.8) is 0 Å². The van der Waals surface area contributed by atoms with Crippen molar-refractivity contribution in [2.75, 3.05) is 26.2 Å². The van der Waals surface area contributed by atoms with Gasteiger partial charge in [-0.3, -0.25) is 0 Å². The lowest BCUT2D eigenvalue weighted by Crippen LogP contribution is -2.63. The van der Waals surface area contributed by atoms with E-state index in [1.54, 1.807) is 0 Å². The molecule has 0 aliphatic carbocycles. The molecule has 0 saturated carbocycles. The third-order valence-corrected chi connectivity index (χ3v) is 5.48. The molecule has 2 fully saturated rings. The van der Waals surface area contributed by atoms with Gasteiger partial charge in [0.2, 0.25) is 0 Å². The van der Waals surface area contributed by atoms with Gasteiger partial charge in [0.25, 0.3) is 0 Å². The maximum atomic E-state index is 12.8. The molecule has 6 nitrogen and oxygen atoms in total. The summed E-state index contributed by atoms with van der Waals surface area (Å²) in [6, 6.07) is 0.564. The molecular weight excluding hydrogens is 302 g/mol. The SMILES string of the molecule is Cc1nc(C(C)C)nn1C(=O)N1CC2(CCCCN(C(C)C)C2)C1. The number of hydrogen-bond donors (Lipinski definition) is 0. The van der Waals surface area contributed by atoms with Crippen LogP contribution in [0.2, 0.25) is 0 Å². The van der Waals surface area contributed by atoms with Crippen LogP contribution in [0.3, 0.4) is 0 Å². The molecule has 2 saturated heterocycles. The Morgan fingerprint density at radius 1 is 1.12 bits per heavy atom. The summed E-state index contributed by atoms with van der Waals surface area (Å²) in [6.07, 6.45) is 3.77. The molecule has 0 atom stereocenters. The van der Waals surface area contributed by atoms with Gasteiger partial charge in [-0.1, -0.05) is 20.3 Å². The smallest absolute Gasteiger partial charge is 0.321 e. The zero-order valence-electron chi connectivity index (χ0n) is 15.7. The van der Waals surface area contributed by atoms with E-state index in [4.69, 9.17) is 0 Å². The van der Waals surface area contributed by atoms with Crippen LogP contribution in [0.5, 0.6) is 0 Å². The number of likely N-dealkylation sites (tertiary alicyclic amines) is 2. The molecule has 0 unspecified atom stereocenters. The minimum absolute atomic E-state index is 0.0159. The van der Waals surface area contributed by atoms with E-state index in [1.165, 1.54) is 30.5 Å². The van der Waals surface area contributed by atoms with Crippen molar-refractivity contribution in [3.8, 4) is 0 Å². The molecule has 1 spiro atoms. The van der Waals surface area contributed by atoms with E-state index in [0.29, 0.717) is 11.9 Å². The number of nitrogens with zero attached hydrogens (tertiary/aromatic N) is 5. The Morgan fingerprint density at radius 2 is 1.83 bits per heavy atom. The molecule has 0 radical (unpaired) electrons. The maximum Gasteiger partial charge on any atom is 0.346 e. The first-order valence-corrected chi connectivity index (χ1v) is 9.28. The van der Waals surface area contributed by atoms with Crippen molar-refractivity contribution in [1.82, 2.24) is 24.6 Å². The van der Waals surface area contributed by atoms with Gasteiger partial charge in [0, 0.05) is 37.0 Å². The number of carbonyl (C=O) groups is 1. The summed E-state index contributed by atoms with van der Waals surface area (Å²) in [4.78, 5) is 21.7. The van der Waals surface area contributed by atoms with Crippen LogP contribution in [0.1, 0.15) is 64.5 Å². The molecule has 3 heterocycles. The second kappa shape index (κ2) is 6.47. The van der Waals surface area contributed by atoms with Gasteiger partial charge in [0.1, 0.15) is 5.82 Å². The van der Waals surface area contributed by atoms with E-state index in [9.17, 15) is 4.79 Å². The summed E-state index contributed by atoms with van der Waals surface area (Å²) < 4.78 is 1.49. The number of rotatable bonds is 2. The first-order chi connectivity index (χ1) is 11.3. The monoisotopic (exact) mass is 333 g/mol. The van der Waals surface area contributed by atoms with Crippen molar-refractivity contribution in [1.29, 1.82) is 0 Å². The molecule has 0 aromatic carbocycles. The summed E-state index contributed by atoms with van der Waals surface area (Å²) in [5, 5.41) is 4.41. The van der Waals surface area contributed by atoms with Gasteiger partial charge in [-0.15, -0.1) is 5.10 Å². The molecule has 2 aliphatic heterocycles. The molecule has 3 rings (SSSR count). The fourth-order valence-electron chi connectivity index (χ4n) is 3.97. The van der Waals surface area contributed by atoms with Gasteiger partial charge < -0.3 is 9.80 Å². The fraction of sp³-hybridized carbons (Fsp3) is 0.833. The molecule has 134 valence electrons. The van der Waals surface area contributed by atoms with Crippen molar-refractivity contribution < 1.29 is 4.79 Å². The lowest BCUT2D eigenvalue weighted by Gasteiger charge is -2.51. The molecule has 1 aromatic rings. The van der Waals surface area contributed by atoms with E-state index < -0.39 is 0 Å². The summed E-state index contributed by atoms with van der Waals surface area (Å²) >= 11 is 0. The summed E-state index contributed by atoms with van der Waals surface area (Å²) in [6.45, 7) is 14.5. The maximum absolute atomic E-state index is 12.8. The number of aryl methyl sites for hydroxylation is 1. The Hall–Kier alpha value is -1.43. The molecule has 6 heteroatoms. The number of aromatic nitrogens is 3. The Kier molecular flexibility index (Phi) is 4.69. The Morgan fingerprint density at radius 3 is 2.42 bits per heavy atom. The molecule has 0 bridgehead atoms. The molecule has 1 aromatic heterocycles. The quantitative estimate of drug-likeness (QED) is 0.835. The average molecular weight is 333 g/mol. The first kappa shape index (κ1) is 17.4. The van der Waals surface area contributed by atoms with Crippen molar-refractivity contribution in [3.05, 3.63) is 11.6 Å². The number of hydrogen-bond acceptors (Lipinski definition) is 4. The van der Waals surface area contributed by atoms with Crippen molar-refractivity contribution in [2.24, 2.45) is 5.41 Å². The molecule has 1 amide bonds. The van der Waals surface area contributed by atoms with Crippen LogP contribution in [0.4, 0.5) is 4.79 Å². The summed E-state index contributed by atoms with van der Waals surface area (Å²) in [5.41, 5.74) is 0.284. The Bertz CT molecular complexity index is 601. The van der Waals surface area contributed by atoms with Crippen LogP contribution in [-0.4, -0.2) is 62.8 Å². The number of amides is 1.